The van der Waals surface area contributed by atoms with Gasteiger partial charge < -0.3 is 13.8 Å². The number of hydrogen-bond acceptors (Lipinski definition) is 2. The van der Waals surface area contributed by atoms with Gasteiger partial charge in [-0.1, -0.05) is 13.8 Å². The van der Waals surface area contributed by atoms with Crippen LogP contribution in [-0.2, 0) is 25.7 Å². The fourth-order valence-corrected chi connectivity index (χ4v) is 0. The van der Waals surface area contributed by atoms with Gasteiger partial charge in [-0.2, -0.15) is 12.8 Å². The standard InChI is InChI=1S/2C3H7.2O.Ti/c2*1-3-2;;;/h2*1,3H2,2H3;;;/q2*-1;;;. The van der Waals surface area contributed by atoms with Crippen molar-refractivity contribution in [2.75, 3.05) is 0 Å². The molecular weight excluding hydrogens is 152 g/mol. The van der Waals surface area contributed by atoms with Crippen LogP contribution in [0.2, 0.25) is 0 Å². The van der Waals surface area contributed by atoms with Crippen LogP contribution in [0.4, 0.5) is 0 Å². The van der Waals surface area contributed by atoms with Crippen LogP contribution in [0.3, 0.4) is 0 Å². The third-order valence-electron chi connectivity index (χ3n) is 0. The molecule has 0 bridgehead atoms. The van der Waals surface area contributed by atoms with Crippen LogP contribution in [0, 0.1) is 13.8 Å². The summed E-state index contributed by atoms with van der Waals surface area (Å²) in [4.78, 5) is 0. The summed E-state index contributed by atoms with van der Waals surface area (Å²) in [6, 6.07) is 0. The average Bonchev–Trinajstić information content (AvgIpc) is 1.70. The number of rotatable bonds is 0. The Balaban J connectivity index is -0.0000000600. The Morgan fingerprint density at radius 3 is 1.11 bits per heavy atom. The molecule has 0 aliphatic carbocycles. The molecule has 0 atom stereocenters. The Hall–Kier alpha value is 0.314. The average molecular weight is 166 g/mol. The van der Waals surface area contributed by atoms with E-state index >= 15 is 0 Å². The molecule has 0 radical (unpaired) electrons. The minimum atomic E-state index is -2.00. The third kappa shape index (κ3) is 3360. The fraction of sp³-hybridized carbons (Fsp3) is 0.667. The predicted octanol–water partition coefficient (Wildman–Crippen LogP) is 2.22. The molecule has 2 nitrogen and oxygen atoms in total. The van der Waals surface area contributed by atoms with E-state index in [1.165, 1.54) is 0 Å². The fourth-order valence-electron chi connectivity index (χ4n) is 0. The third-order valence-corrected chi connectivity index (χ3v) is 0. The first-order chi connectivity index (χ1) is 4.24. The molecule has 3 heteroatoms. The van der Waals surface area contributed by atoms with E-state index in [1.54, 1.807) is 0 Å². The van der Waals surface area contributed by atoms with Gasteiger partial charge in [-0.15, -0.1) is 0 Å². The maximum atomic E-state index is 8.50. The van der Waals surface area contributed by atoms with E-state index in [9.17, 15) is 0 Å². The van der Waals surface area contributed by atoms with Crippen molar-refractivity contribution in [2.24, 2.45) is 0 Å². The molecule has 0 fully saturated rings. The van der Waals surface area contributed by atoms with Crippen LogP contribution in [0.5, 0.6) is 0 Å². The van der Waals surface area contributed by atoms with E-state index in [4.69, 9.17) is 6.65 Å². The van der Waals surface area contributed by atoms with Crippen molar-refractivity contribution in [3.05, 3.63) is 13.8 Å². The number of hydrogen-bond donors (Lipinski definition) is 0. The van der Waals surface area contributed by atoms with E-state index in [0.29, 0.717) is 0 Å². The van der Waals surface area contributed by atoms with Gasteiger partial charge in [0.15, 0.2) is 0 Å². The Kier molecular flexibility index (Phi) is 72.7. The monoisotopic (exact) mass is 166 g/mol. The zero-order valence-electron chi connectivity index (χ0n) is 6.14. The topological polar surface area (TPSA) is 34.1 Å². The van der Waals surface area contributed by atoms with Gasteiger partial charge >= 0.3 is 25.7 Å². The van der Waals surface area contributed by atoms with Crippen LogP contribution in [0.25, 0.3) is 0 Å². The summed E-state index contributed by atoms with van der Waals surface area (Å²) in [5.74, 6) is 0. The molecule has 0 unspecified atom stereocenters. The summed E-state index contributed by atoms with van der Waals surface area (Å²) in [6.45, 7) is 11.0. The molecule has 9 heavy (non-hydrogen) atoms. The summed E-state index contributed by atoms with van der Waals surface area (Å²) < 4.78 is 17.0. The molecule has 0 spiro atoms. The van der Waals surface area contributed by atoms with Crippen molar-refractivity contribution in [3.8, 4) is 0 Å². The van der Waals surface area contributed by atoms with Gasteiger partial charge in [0.2, 0.25) is 0 Å². The Morgan fingerprint density at radius 1 is 1.11 bits per heavy atom. The van der Waals surface area contributed by atoms with E-state index in [1.807, 2.05) is 13.8 Å². The summed E-state index contributed by atoms with van der Waals surface area (Å²) >= 11 is -2.00. The molecule has 0 aromatic rings. The van der Waals surface area contributed by atoms with Gasteiger partial charge in [0.1, 0.15) is 0 Å². The summed E-state index contributed by atoms with van der Waals surface area (Å²) in [7, 11) is 0. The second-order valence-corrected chi connectivity index (χ2v) is 1.34. The van der Waals surface area contributed by atoms with Crippen molar-refractivity contribution >= 4 is 0 Å². The van der Waals surface area contributed by atoms with Crippen molar-refractivity contribution in [1.82, 2.24) is 0 Å². The first-order valence-corrected chi connectivity index (χ1v) is 4.10. The Bertz CT molecular complexity index is 47.0. The van der Waals surface area contributed by atoms with Crippen LogP contribution < -0.4 is 0 Å². The molecule has 56 valence electrons. The molecule has 0 saturated heterocycles. The molecule has 0 aromatic carbocycles. The van der Waals surface area contributed by atoms with E-state index < -0.39 is 19.1 Å². The molecule has 0 amide bonds. The summed E-state index contributed by atoms with van der Waals surface area (Å²) in [5.41, 5.74) is 0. The van der Waals surface area contributed by atoms with E-state index in [2.05, 4.69) is 13.8 Å². The quantitative estimate of drug-likeness (QED) is 0.408. The summed E-state index contributed by atoms with van der Waals surface area (Å²) in [5, 5.41) is 0. The molecular formula is C6H14O2Ti-2. The molecule has 0 rings (SSSR count). The molecule has 0 N–H and O–H groups in total. The first-order valence-electron chi connectivity index (χ1n) is 2.82. The SMILES string of the molecule is [CH2-]CC.[CH2-]CC.[O]=[Ti]=[O]. The van der Waals surface area contributed by atoms with Gasteiger partial charge in [-0.05, 0) is 0 Å². The second-order valence-electron chi connectivity index (χ2n) is 1.08. The van der Waals surface area contributed by atoms with E-state index in [-0.39, 0.29) is 0 Å². The molecule has 0 heterocycles. The van der Waals surface area contributed by atoms with Crippen LogP contribution in [-0.4, -0.2) is 0 Å². The van der Waals surface area contributed by atoms with Gasteiger partial charge in [0.05, 0.1) is 0 Å². The molecule has 0 aliphatic heterocycles. The van der Waals surface area contributed by atoms with Gasteiger partial charge in [0, 0.05) is 0 Å². The molecule has 0 saturated carbocycles. The van der Waals surface area contributed by atoms with E-state index in [0.717, 1.165) is 12.8 Å². The van der Waals surface area contributed by atoms with Gasteiger partial charge in [-0.25, -0.2) is 0 Å². The first kappa shape index (κ1) is 16.1. The zero-order valence-corrected chi connectivity index (χ0v) is 7.71. The Morgan fingerprint density at radius 2 is 1.11 bits per heavy atom. The zero-order chi connectivity index (χ0) is 8.12. The summed E-state index contributed by atoms with van der Waals surface area (Å²) in [6.07, 6.45) is 2.00. The van der Waals surface area contributed by atoms with Crippen LogP contribution in [0.1, 0.15) is 26.7 Å². The van der Waals surface area contributed by atoms with Crippen LogP contribution >= 0.6 is 0 Å². The normalized spacial score (nSPS) is 4.89. The van der Waals surface area contributed by atoms with Gasteiger partial charge in [0.25, 0.3) is 0 Å². The van der Waals surface area contributed by atoms with Gasteiger partial charge in [-0.3, -0.25) is 0 Å². The maximum absolute atomic E-state index is 8.50. The van der Waals surface area contributed by atoms with Crippen molar-refractivity contribution in [3.63, 3.8) is 0 Å². The van der Waals surface area contributed by atoms with Crippen molar-refractivity contribution in [2.45, 2.75) is 26.7 Å². The van der Waals surface area contributed by atoms with Crippen LogP contribution in [0.15, 0.2) is 0 Å². The van der Waals surface area contributed by atoms with Crippen molar-refractivity contribution in [1.29, 1.82) is 0 Å². The predicted molar refractivity (Wildman–Crippen MR) is 32.7 cm³/mol. The van der Waals surface area contributed by atoms with Crippen molar-refractivity contribution < 1.29 is 25.7 Å². The Labute approximate surface area is 66.6 Å². The molecule has 0 aliphatic rings. The minimum absolute atomic E-state index is 1.00. The second kappa shape index (κ2) is 40.5. The molecule has 0 aromatic heterocycles.